The second-order valence-corrected chi connectivity index (χ2v) is 8.18. The van der Waals surface area contributed by atoms with Crippen molar-refractivity contribution in [1.82, 2.24) is 19.6 Å². The van der Waals surface area contributed by atoms with Crippen molar-refractivity contribution in [3.63, 3.8) is 0 Å². The minimum atomic E-state index is -0.776. The quantitative estimate of drug-likeness (QED) is 0.515. The summed E-state index contributed by atoms with van der Waals surface area (Å²) in [7, 11) is 0. The van der Waals surface area contributed by atoms with E-state index in [9.17, 15) is 9.59 Å². The van der Waals surface area contributed by atoms with Gasteiger partial charge in [0.2, 0.25) is 0 Å². The second kappa shape index (κ2) is 10.8. The van der Waals surface area contributed by atoms with E-state index in [1.807, 2.05) is 18.7 Å². The molecule has 0 atom stereocenters. The molecule has 1 aliphatic rings. The van der Waals surface area contributed by atoms with Gasteiger partial charge in [-0.1, -0.05) is 18.7 Å². The van der Waals surface area contributed by atoms with Crippen molar-refractivity contribution in [1.29, 1.82) is 0 Å². The van der Waals surface area contributed by atoms with Gasteiger partial charge in [-0.15, -0.1) is 5.10 Å². The zero-order chi connectivity index (χ0) is 23.1. The Bertz CT molecular complexity index is 962. The number of hydrogen-bond donors (Lipinski definition) is 3. The number of aliphatic carboxylic acids is 1. The van der Waals surface area contributed by atoms with E-state index in [1.165, 1.54) is 10.2 Å². The molecule has 1 aromatic heterocycles. The van der Waals surface area contributed by atoms with Gasteiger partial charge < -0.3 is 20.6 Å². The first-order valence-electron chi connectivity index (χ1n) is 10.9. The van der Waals surface area contributed by atoms with E-state index in [2.05, 4.69) is 45.4 Å². The minimum Gasteiger partial charge on any atom is -0.481 e. The van der Waals surface area contributed by atoms with Crippen molar-refractivity contribution in [2.75, 3.05) is 43.4 Å². The van der Waals surface area contributed by atoms with E-state index in [4.69, 9.17) is 5.11 Å². The number of piperazine rings is 1. The minimum absolute atomic E-state index is 0.129. The fraction of sp³-hybridized carbons (Fsp3) is 0.435. The van der Waals surface area contributed by atoms with Crippen LogP contribution in [0.15, 0.2) is 42.7 Å². The third kappa shape index (κ3) is 6.58. The third-order valence-corrected chi connectivity index (χ3v) is 5.31. The van der Waals surface area contributed by atoms with Crippen molar-refractivity contribution in [2.45, 2.75) is 33.2 Å². The predicted molar refractivity (Wildman–Crippen MR) is 125 cm³/mol. The molecule has 0 radical (unpaired) electrons. The Labute approximate surface area is 188 Å². The smallest absolute Gasteiger partial charge is 0.344 e. The lowest BCUT2D eigenvalue weighted by molar-refractivity contribution is -0.137. The number of benzene rings is 1. The van der Waals surface area contributed by atoms with Crippen molar-refractivity contribution in [3.8, 4) is 0 Å². The molecule has 1 aromatic carbocycles. The highest BCUT2D eigenvalue weighted by Gasteiger charge is 2.23. The van der Waals surface area contributed by atoms with Crippen LogP contribution in [0.1, 0.15) is 30.9 Å². The SMILES string of the molecule is C=C(C)Nc1ccn(C(=O)N2CCN(Cc3ccc(C)cc3NCCCC(=O)O)CC2)n1. The van der Waals surface area contributed by atoms with Crippen LogP contribution < -0.4 is 10.6 Å². The molecule has 9 heteroatoms. The van der Waals surface area contributed by atoms with E-state index in [0.29, 0.717) is 31.9 Å². The monoisotopic (exact) mass is 440 g/mol. The van der Waals surface area contributed by atoms with Gasteiger partial charge in [-0.3, -0.25) is 9.69 Å². The van der Waals surface area contributed by atoms with Crippen LogP contribution in [-0.4, -0.2) is 69.4 Å². The van der Waals surface area contributed by atoms with Crippen LogP contribution in [0.4, 0.5) is 16.3 Å². The van der Waals surface area contributed by atoms with Crippen molar-refractivity contribution >= 4 is 23.5 Å². The summed E-state index contributed by atoms with van der Waals surface area (Å²) in [6, 6.07) is 7.93. The zero-order valence-electron chi connectivity index (χ0n) is 18.8. The number of aryl methyl sites for hydroxylation is 1. The van der Waals surface area contributed by atoms with Gasteiger partial charge in [-0.05, 0) is 37.5 Å². The van der Waals surface area contributed by atoms with Crippen LogP contribution in [0.3, 0.4) is 0 Å². The number of aromatic nitrogens is 2. The van der Waals surface area contributed by atoms with Crippen molar-refractivity contribution in [2.24, 2.45) is 0 Å². The molecule has 3 rings (SSSR count). The predicted octanol–water partition coefficient (Wildman–Crippen LogP) is 3.20. The van der Waals surface area contributed by atoms with Crippen molar-refractivity contribution in [3.05, 3.63) is 53.9 Å². The third-order valence-electron chi connectivity index (χ3n) is 5.31. The molecule has 1 fully saturated rings. The number of carboxylic acid groups (broad SMARTS) is 1. The van der Waals surface area contributed by atoms with E-state index in [0.717, 1.165) is 36.6 Å². The summed E-state index contributed by atoms with van der Waals surface area (Å²) in [6.07, 6.45) is 2.40. The Kier molecular flexibility index (Phi) is 7.88. The highest BCUT2D eigenvalue weighted by molar-refractivity contribution is 5.76. The van der Waals surface area contributed by atoms with Crippen molar-refractivity contribution < 1.29 is 14.7 Å². The summed E-state index contributed by atoms with van der Waals surface area (Å²) >= 11 is 0. The molecular formula is C23H32N6O3. The first-order valence-corrected chi connectivity index (χ1v) is 10.9. The normalized spacial score (nSPS) is 14.2. The number of anilines is 2. The molecule has 2 aromatic rings. The average Bonchev–Trinajstić information content (AvgIpc) is 3.20. The highest BCUT2D eigenvalue weighted by Crippen LogP contribution is 2.21. The first-order chi connectivity index (χ1) is 15.3. The van der Waals surface area contributed by atoms with Gasteiger partial charge in [0.1, 0.15) is 0 Å². The van der Waals surface area contributed by atoms with Gasteiger partial charge >= 0.3 is 12.0 Å². The van der Waals surface area contributed by atoms with E-state index in [1.54, 1.807) is 12.3 Å². The standard InChI is InChI=1S/C23H32N6O3/c1-17(2)25-21-8-10-29(26-21)23(32)28-13-11-27(12-14-28)16-19-7-6-18(3)15-20(19)24-9-4-5-22(30)31/h6-8,10,15,24H,1,4-5,9,11-14,16H2,2-3H3,(H,25,26)(H,30,31). The maximum Gasteiger partial charge on any atom is 0.344 e. The number of allylic oxidation sites excluding steroid dienone is 1. The lowest BCUT2D eigenvalue weighted by Gasteiger charge is -2.34. The Morgan fingerprint density at radius 1 is 1.19 bits per heavy atom. The van der Waals surface area contributed by atoms with Crippen LogP contribution >= 0.6 is 0 Å². The maximum absolute atomic E-state index is 12.8. The molecule has 172 valence electrons. The van der Waals surface area contributed by atoms with Gasteiger partial charge in [-0.2, -0.15) is 4.68 Å². The zero-order valence-corrected chi connectivity index (χ0v) is 18.8. The van der Waals surface area contributed by atoms with Crippen LogP contribution in [0, 0.1) is 6.92 Å². The van der Waals surface area contributed by atoms with Crippen LogP contribution in [0.5, 0.6) is 0 Å². The van der Waals surface area contributed by atoms with Gasteiger partial charge in [0.25, 0.3) is 0 Å². The van der Waals surface area contributed by atoms with Crippen LogP contribution in [0.2, 0.25) is 0 Å². The summed E-state index contributed by atoms with van der Waals surface area (Å²) in [5.41, 5.74) is 4.14. The molecule has 0 bridgehead atoms. The Balaban J connectivity index is 1.53. The van der Waals surface area contributed by atoms with E-state index < -0.39 is 5.97 Å². The number of carboxylic acids is 1. The number of nitrogens with zero attached hydrogens (tertiary/aromatic N) is 4. The number of hydrogen-bond acceptors (Lipinski definition) is 6. The Hall–Kier alpha value is -3.33. The van der Waals surface area contributed by atoms with E-state index in [-0.39, 0.29) is 12.5 Å². The molecular weight excluding hydrogens is 408 g/mol. The molecule has 1 amide bonds. The van der Waals surface area contributed by atoms with Crippen LogP contribution in [-0.2, 0) is 11.3 Å². The Morgan fingerprint density at radius 2 is 1.94 bits per heavy atom. The first kappa shape index (κ1) is 23.3. The topological polar surface area (TPSA) is 103 Å². The second-order valence-electron chi connectivity index (χ2n) is 8.18. The largest absolute Gasteiger partial charge is 0.481 e. The number of carbonyl (C=O) groups excluding carboxylic acids is 1. The van der Waals surface area contributed by atoms with Crippen LogP contribution in [0.25, 0.3) is 0 Å². The molecule has 0 unspecified atom stereocenters. The number of rotatable bonds is 9. The molecule has 32 heavy (non-hydrogen) atoms. The van der Waals surface area contributed by atoms with E-state index >= 15 is 0 Å². The maximum atomic E-state index is 12.8. The fourth-order valence-corrected chi connectivity index (χ4v) is 3.65. The summed E-state index contributed by atoms with van der Waals surface area (Å²) in [6.45, 7) is 11.9. The molecule has 0 saturated carbocycles. The summed E-state index contributed by atoms with van der Waals surface area (Å²) < 4.78 is 1.36. The summed E-state index contributed by atoms with van der Waals surface area (Å²) in [5, 5.41) is 19.5. The molecule has 1 saturated heterocycles. The highest BCUT2D eigenvalue weighted by atomic mass is 16.4. The average molecular weight is 441 g/mol. The molecule has 1 aliphatic heterocycles. The van der Waals surface area contributed by atoms with Gasteiger partial charge in [0, 0.05) is 69.3 Å². The Morgan fingerprint density at radius 3 is 2.62 bits per heavy atom. The summed E-state index contributed by atoms with van der Waals surface area (Å²) in [4.78, 5) is 27.6. The lowest BCUT2D eigenvalue weighted by Crippen LogP contribution is -2.49. The number of amides is 1. The number of nitrogens with one attached hydrogen (secondary N) is 2. The lowest BCUT2D eigenvalue weighted by atomic mass is 10.1. The number of carbonyl (C=O) groups is 2. The van der Waals surface area contributed by atoms with Gasteiger partial charge in [-0.25, -0.2) is 4.79 Å². The molecule has 0 spiro atoms. The van der Waals surface area contributed by atoms with Gasteiger partial charge in [0.15, 0.2) is 5.82 Å². The van der Waals surface area contributed by atoms with Gasteiger partial charge in [0.05, 0.1) is 0 Å². The molecule has 3 N–H and O–H groups in total. The summed E-state index contributed by atoms with van der Waals surface area (Å²) in [5.74, 6) is -0.172. The molecule has 0 aliphatic carbocycles. The molecule has 2 heterocycles. The molecule has 9 nitrogen and oxygen atoms in total. The fourth-order valence-electron chi connectivity index (χ4n) is 3.65.